The maximum atomic E-state index is 10.7. The van der Waals surface area contributed by atoms with Gasteiger partial charge in [-0.2, -0.15) is 13.2 Å². The Hall–Kier alpha value is -1.51. The fourth-order valence-electron chi connectivity index (χ4n) is 0. The molecule has 0 aliphatic heterocycles. The van der Waals surface area contributed by atoms with Crippen molar-refractivity contribution < 1.29 is 27.6 Å². The van der Waals surface area contributed by atoms with Crippen LogP contribution in [0.15, 0.2) is 0 Å². The Morgan fingerprint density at radius 3 is 1.25 bits per heavy atom. The van der Waals surface area contributed by atoms with Crippen molar-refractivity contribution in [3.63, 3.8) is 0 Å². The normalized spacial score (nSPS) is 8.81. The summed E-state index contributed by atoms with van der Waals surface area (Å²) in [5, 5.41) is 0. The molecule has 0 aliphatic carbocycles. The van der Waals surface area contributed by atoms with Gasteiger partial charge in [-0.15, -0.1) is 11.6 Å². The first-order valence-electron chi connectivity index (χ1n) is 3.42. The van der Waals surface area contributed by atoms with Gasteiger partial charge in [0.05, 0.1) is 0 Å². The summed E-state index contributed by atoms with van der Waals surface area (Å²) in [6, 6.07) is 0. The van der Waals surface area contributed by atoms with E-state index in [4.69, 9.17) is 16.4 Å². The molecule has 10 heteroatoms. The minimum atomic E-state index is -4.86. The highest BCUT2D eigenvalue weighted by molar-refractivity contribution is 6.27. The second kappa shape index (κ2) is 10.0. The van der Waals surface area contributed by atoms with E-state index in [1.807, 2.05) is 0 Å². The lowest BCUT2D eigenvalue weighted by Gasteiger charge is -1.95. The molecule has 0 heterocycles. The van der Waals surface area contributed by atoms with E-state index in [-0.39, 0.29) is 11.8 Å². The third-order valence-corrected chi connectivity index (χ3v) is 0.675. The number of primary amides is 3. The molecule has 0 aromatic carbocycles. The lowest BCUT2D eigenvalue weighted by molar-refractivity contribution is -0.169. The third-order valence-electron chi connectivity index (χ3n) is 0.411. The van der Waals surface area contributed by atoms with Crippen LogP contribution in [0.5, 0.6) is 0 Å². The average molecular weight is 266 g/mol. The van der Waals surface area contributed by atoms with Crippen LogP contribution >= 0.6 is 11.6 Å². The second-order valence-corrected chi connectivity index (χ2v) is 2.34. The first kappa shape index (κ1) is 20.0. The van der Waals surface area contributed by atoms with Crippen molar-refractivity contribution in [2.75, 3.05) is 5.88 Å². The fourth-order valence-corrected chi connectivity index (χ4v) is 0. The van der Waals surface area contributed by atoms with Gasteiger partial charge in [-0.25, -0.2) is 0 Å². The van der Waals surface area contributed by atoms with E-state index in [0.29, 0.717) is 0 Å². The molecule has 0 unspecified atom stereocenters. The molecule has 16 heavy (non-hydrogen) atoms. The van der Waals surface area contributed by atoms with E-state index in [1.54, 1.807) is 0 Å². The second-order valence-electron chi connectivity index (χ2n) is 2.07. The molecule has 0 saturated carbocycles. The topological polar surface area (TPSA) is 129 Å². The molecule has 0 rings (SSSR count). The standard InChI is InChI=1S/C2H4ClNO.C2H2F3NO.C2H5NO/c3-1-2(4)5;3-2(4,5)1(6)7;1-2(3)4/h1H2,(H2,4,5);(H2,6,7);1H3,(H2,3,4). The number of amides is 3. The van der Waals surface area contributed by atoms with Crippen LogP contribution in [0.3, 0.4) is 0 Å². The van der Waals surface area contributed by atoms with Crippen molar-refractivity contribution in [3.8, 4) is 0 Å². The van der Waals surface area contributed by atoms with Gasteiger partial charge >= 0.3 is 12.1 Å². The van der Waals surface area contributed by atoms with Crippen LogP contribution in [-0.4, -0.2) is 29.8 Å². The molecule has 0 spiro atoms. The summed E-state index contributed by atoms with van der Waals surface area (Å²) in [5.74, 6) is -3.15. The quantitative estimate of drug-likeness (QED) is 0.539. The molecular formula is C6H11ClF3N3O3. The number of carbonyl (C=O) groups is 3. The van der Waals surface area contributed by atoms with E-state index in [9.17, 15) is 22.8 Å². The highest BCUT2D eigenvalue weighted by Gasteiger charge is 2.35. The van der Waals surface area contributed by atoms with Crippen molar-refractivity contribution in [1.82, 2.24) is 0 Å². The molecule has 0 aliphatic rings. The van der Waals surface area contributed by atoms with Crippen molar-refractivity contribution in [1.29, 1.82) is 0 Å². The number of rotatable bonds is 1. The number of alkyl halides is 4. The molecule has 3 amide bonds. The lowest BCUT2D eigenvalue weighted by atomic mass is 10.6. The van der Waals surface area contributed by atoms with E-state index in [1.165, 1.54) is 6.92 Å². The third kappa shape index (κ3) is 39.1. The average Bonchev–Trinajstić information content (AvgIpc) is 2.02. The molecule has 0 aromatic heterocycles. The van der Waals surface area contributed by atoms with Gasteiger partial charge in [0, 0.05) is 6.92 Å². The minimum Gasteiger partial charge on any atom is -0.370 e. The van der Waals surface area contributed by atoms with Gasteiger partial charge in [0.25, 0.3) is 0 Å². The maximum Gasteiger partial charge on any atom is 0.470 e. The van der Waals surface area contributed by atoms with Crippen molar-refractivity contribution in [2.45, 2.75) is 13.1 Å². The predicted octanol–water partition coefficient (Wildman–Crippen LogP) is -0.764. The van der Waals surface area contributed by atoms with Crippen molar-refractivity contribution in [3.05, 3.63) is 0 Å². The zero-order valence-corrected chi connectivity index (χ0v) is 8.93. The summed E-state index contributed by atoms with van der Waals surface area (Å²) in [4.78, 5) is 27.8. The van der Waals surface area contributed by atoms with E-state index >= 15 is 0 Å². The molecule has 0 atom stereocenters. The molecular weight excluding hydrogens is 255 g/mol. The lowest BCUT2D eigenvalue weighted by Crippen LogP contribution is -2.30. The van der Waals surface area contributed by atoms with Crippen LogP contribution in [0.4, 0.5) is 13.2 Å². The molecule has 6 nitrogen and oxygen atoms in total. The number of halogens is 4. The Morgan fingerprint density at radius 2 is 1.25 bits per heavy atom. The smallest absolute Gasteiger partial charge is 0.370 e. The number of hydrogen-bond acceptors (Lipinski definition) is 3. The van der Waals surface area contributed by atoms with Crippen LogP contribution in [0.25, 0.3) is 0 Å². The summed E-state index contributed by atoms with van der Waals surface area (Å²) in [7, 11) is 0. The van der Waals surface area contributed by atoms with Crippen LogP contribution in [-0.2, 0) is 14.4 Å². The predicted molar refractivity (Wildman–Crippen MR) is 50.0 cm³/mol. The van der Waals surface area contributed by atoms with Gasteiger partial charge in [0.15, 0.2) is 0 Å². The summed E-state index contributed by atoms with van der Waals surface area (Å²) < 4.78 is 32.1. The minimum absolute atomic E-state index is 0.0833. The Morgan fingerprint density at radius 1 is 1.12 bits per heavy atom. The van der Waals surface area contributed by atoms with Gasteiger partial charge in [-0.05, 0) is 0 Å². The summed E-state index contributed by atoms with van der Waals surface area (Å²) >= 11 is 4.86. The summed E-state index contributed by atoms with van der Waals surface area (Å²) in [6.45, 7) is 1.31. The zero-order valence-electron chi connectivity index (χ0n) is 8.18. The number of nitrogens with two attached hydrogens (primary N) is 3. The van der Waals surface area contributed by atoms with E-state index in [0.717, 1.165) is 0 Å². The monoisotopic (exact) mass is 265 g/mol. The van der Waals surface area contributed by atoms with E-state index in [2.05, 4.69) is 17.2 Å². The molecule has 96 valence electrons. The van der Waals surface area contributed by atoms with E-state index < -0.39 is 18.0 Å². The molecule has 0 radical (unpaired) electrons. The van der Waals surface area contributed by atoms with Gasteiger partial charge in [0.2, 0.25) is 11.8 Å². The Balaban J connectivity index is -0.000000166. The molecule has 0 fully saturated rings. The van der Waals surface area contributed by atoms with Crippen LogP contribution in [0, 0.1) is 0 Å². The molecule has 6 N–H and O–H groups in total. The van der Waals surface area contributed by atoms with Crippen molar-refractivity contribution in [2.24, 2.45) is 17.2 Å². The highest BCUT2D eigenvalue weighted by Crippen LogP contribution is 2.11. The van der Waals surface area contributed by atoms with Crippen LogP contribution in [0.1, 0.15) is 6.92 Å². The Labute approximate surface area is 93.9 Å². The summed E-state index contributed by atoms with van der Waals surface area (Å²) in [6.07, 6.45) is -4.86. The van der Waals surface area contributed by atoms with Gasteiger partial charge in [-0.1, -0.05) is 0 Å². The number of hydrogen-bond donors (Lipinski definition) is 3. The largest absolute Gasteiger partial charge is 0.470 e. The molecule has 0 aromatic rings. The molecule has 0 saturated heterocycles. The highest BCUT2D eigenvalue weighted by atomic mass is 35.5. The van der Waals surface area contributed by atoms with Crippen molar-refractivity contribution >= 4 is 29.3 Å². The maximum absolute atomic E-state index is 10.7. The van der Waals surface area contributed by atoms with Gasteiger partial charge in [-0.3, -0.25) is 14.4 Å². The van der Waals surface area contributed by atoms with Crippen LogP contribution < -0.4 is 17.2 Å². The van der Waals surface area contributed by atoms with Gasteiger partial charge < -0.3 is 17.2 Å². The first-order chi connectivity index (χ1) is 6.95. The number of carbonyl (C=O) groups excluding carboxylic acids is 3. The Kier molecular flexibility index (Phi) is 12.5. The van der Waals surface area contributed by atoms with Crippen LogP contribution in [0.2, 0.25) is 0 Å². The van der Waals surface area contributed by atoms with Gasteiger partial charge in [0.1, 0.15) is 5.88 Å². The fraction of sp³-hybridized carbons (Fsp3) is 0.500. The summed E-state index contributed by atoms with van der Waals surface area (Å²) in [5.41, 5.74) is 12.8. The first-order valence-corrected chi connectivity index (χ1v) is 3.95. The molecule has 0 bridgehead atoms. The SMILES string of the molecule is CC(N)=O.NC(=O)C(F)(F)F.NC(=O)CCl. The zero-order chi connectivity index (χ0) is 13.9. The Bertz CT molecular complexity index is 241.